The molecule has 1 aromatic heterocycles. The van der Waals surface area contributed by atoms with Crippen LogP contribution in [0.15, 0.2) is 12.4 Å². The molecule has 0 saturated carbocycles. The van der Waals surface area contributed by atoms with Gasteiger partial charge in [-0.1, -0.05) is 52.4 Å². The predicted octanol–water partition coefficient (Wildman–Crippen LogP) is 4.42. The van der Waals surface area contributed by atoms with Gasteiger partial charge in [0.2, 0.25) is 0 Å². The fraction of sp³-hybridized carbons (Fsp3) is 0.800. The van der Waals surface area contributed by atoms with E-state index in [0.717, 1.165) is 31.7 Å². The van der Waals surface area contributed by atoms with Gasteiger partial charge < -0.3 is 4.74 Å². The van der Waals surface area contributed by atoms with Crippen molar-refractivity contribution in [2.45, 2.75) is 71.8 Å². The largest absolute Gasteiger partial charge is 0.490 e. The lowest BCUT2D eigenvalue weighted by atomic mass is 10.1. The lowest BCUT2D eigenvalue weighted by molar-refractivity contribution is 0.304. The Hall–Kier alpha value is -0.990. The van der Waals surface area contributed by atoms with Crippen LogP contribution in [-0.4, -0.2) is 16.4 Å². The molecule has 0 unspecified atom stereocenters. The first-order valence-electron chi connectivity index (χ1n) is 7.52. The molecule has 0 radical (unpaired) electrons. The summed E-state index contributed by atoms with van der Waals surface area (Å²) in [5.41, 5.74) is 0. The maximum atomic E-state index is 5.68. The zero-order chi connectivity index (χ0) is 13.1. The smallest absolute Gasteiger partial charge is 0.157 e. The summed E-state index contributed by atoms with van der Waals surface area (Å²) < 4.78 is 7.62. The number of ether oxygens (including phenoxy) is 1. The minimum Gasteiger partial charge on any atom is -0.490 e. The number of aromatic nitrogens is 2. The van der Waals surface area contributed by atoms with Crippen molar-refractivity contribution in [1.29, 1.82) is 0 Å². The fourth-order valence-corrected chi connectivity index (χ4v) is 2.02. The van der Waals surface area contributed by atoms with Gasteiger partial charge >= 0.3 is 0 Å². The van der Waals surface area contributed by atoms with Crippen LogP contribution in [0.5, 0.6) is 5.75 Å². The standard InChI is InChI=1S/C15H28N2O/c1-3-5-6-7-8-9-10-12-18-15-13-16-17(14-15)11-4-2/h13-14H,3-12H2,1-2H3. The first kappa shape index (κ1) is 15.1. The Balaban J connectivity index is 1.96. The van der Waals surface area contributed by atoms with Crippen molar-refractivity contribution in [3.63, 3.8) is 0 Å². The van der Waals surface area contributed by atoms with Crippen LogP contribution in [0.3, 0.4) is 0 Å². The summed E-state index contributed by atoms with van der Waals surface area (Å²) in [5.74, 6) is 0.912. The van der Waals surface area contributed by atoms with Crippen LogP contribution in [0.4, 0.5) is 0 Å². The van der Waals surface area contributed by atoms with Crippen LogP contribution in [0, 0.1) is 0 Å². The molecule has 0 aliphatic carbocycles. The molecule has 1 heterocycles. The normalized spacial score (nSPS) is 10.8. The Morgan fingerprint density at radius 1 is 1.00 bits per heavy atom. The van der Waals surface area contributed by atoms with Gasteiger partial charge in [0, 0.05) is 6.54 Å². The van der Waals surface area contributed by atoms with Gasteiger partial charge in [-0.3, -0.25) is 4.68 Å². The van der Waals surface area contributed by atoms with Crippen molar-refractivity contribution in [3.05, 3.63) is 12.4 Å². The monoisotopic (exact) mass is 252 g/mol. The quantitative estimate of drug-likeness (QED) is 0.545. The van der Waals surface area contributed by atoms with E-state index in [1.807, 2.05) is 17.1 Å². The van der Waals surface area contributed by atoms with Gasteiger partial charge in [-0.25, -0.2) is 0 Å². The summed E-state index contributed by atoms with van der Waals surface area (Å²) in [6.45, 7) is 6.21. The van der Waals surface area contributed by atoms with E-state index >= 15 is 0 Å². The minimum atomic E-state index is 0.825. The highest BCUT2D eigenvalue weighted by atomic mass is 16.5. The van der Waals surface area contributed by atoms with Crippen molar-refractivity contribution < 1.29 is 4.74 Å². The van der Waals surface area contributed by atoms with Gasteiger partial charge in [-0.2, -0.15) is 5.10 Å². The van der Waals surface area contributed by atoms with Gasteiger partial charge in [-0.05, 0) is 12.8 Å². The van der Waals surface area contributed by atoms with E-state index in [1.165, 1.54) is 38.5 Å². The molecule has 0 fully saturated rings. The molecule has 0 N–H and O–H groups in total. The molecule has 1 aromatic rings. The zero-order valence-electron chi connectivity index (χ0n) is 12.0. The molecule has 0 aliphatic rings. The Morgan fingerprint density at radius 2 is 1.72 bits per heavy atom. The molecule has 0 bridgehead atoms. The number of unbranched alkanes of at least 4 members (excludes halogenated alkanes) is 6. The third-order valence-corrected chi connectivity index (χ3v) is 3.08. The maximum absolute atomic E-state index is 5.68. The molecule has 104 valence electrons. The maximum Gasteiger partial charge on any atom is 0.157 e. The second kappa shape index (κ2) is 9.98. The first-order valence-corrected chi connectivity index (χ1v) is 7.52. The highest BCUT2D eigenvalue weighted by molar-refractivity contribution is 5.11. The molecule has 0 atom stereocenters. The van der Waals surface area contributed by atoms with Gasteiger partial charge in [0.1, 0.15) is 0 Å². The van der Waals surface area contributed by atoms with Crippen LogP contribution in [0.2, 0.25) is 0 Å². The second-order valence-corrected chi connectivity index (χ2v) is 4.91. The number of hydrogen-bond donors (Lipinski definition) is 0. The van der Waals surface area contributed by atoms with Crippen molar-refractivity contribution in [2.75, 3.05) is 6.61 Å². The highest BCUT2D eigenvalue weighted by Gasteiger charge is 1.98. The summed E-state index contributed by atoms with van der Waals surface area (Å²) in [7, 11) is 0. The molecule has 0 aliphatic heterocycles. The first-order chi connectivity index (χ1) is 8.86. The van der Waals surface area contributed by atoms with Crippen molar-refractivity contribution in [2.24, 2.45) is 0 Å². The summed E-state index contributed by atoms with van der Waals surface area (Å²) in [5, 5.41) is 4.25. The Labute approximate surface area is 112 Å². The third kappa shape index (κ3) is 6.67. The van der Waals surface area contributed by atoms with Crippen LogP contribution >= 0.6 is 0 Å². The van der Waals surface area contributed by atoms with Crippen LogP contribution in [-0.2, 0) is 6.54 Å². The molecular formula is C15H28N2O. The summed E-state index contributed by atoms with van der Waals surface area (Å²) in [6.07, 6.45) is 14.2. The van der Waals surface area contributed by atoms with Gasteiger partial charge in [0.25, 0.3) is 0 Å². The Morgan fingerprint density at radius 3 is 2.44 bits per heavy atom. The minimum absolute atomic E-state index is 0.825. The zero-order valence-corrected chi connectivity index (χ0v) is 12.0. The van der Waals surface area contributed by atoms with E-state index in [2.05, 4.69) is 18.9 Å². The highest BCUT2D eigenvalue weighted by Crippen LogP contribution is 2.11. The van der Waals surface area contributed by atoms with Gasteiger partial charge in [-0.15, -0.1) is 0 Å². The fourth-order valence-electron chi connectivity index (χ4n) is 2.02. The molecule has 3 nitrogen and oxygen atoms in total. The molecule has 3 heteroatoms. The summed E-state index contributed by atoms with van der Waals surface area (Å²) in [6, 6.07) is 0. The molecule has 0 spiro atoms. The van der Waals surface area contributed by atoms with Crippen molar-refractivity contribution in [3.8, 4) is 5.75 Å². The SMILES string of the molecule is CCCCCCCCCOc1cnn(CCC)c1. The molecule has 0 aromatic carbocycles. The molecule has 0 amide bonds. The van der Waals surface area contributed by atoms with E-state index in [-0.39, 0.29) is 0 Å². The number of rotatable bonds is 11. The average molecular weight is 252 g/mol. The van der Waals surface area contributed by atoms with Crippen molar-refractivity contribution in [1.82, 2.24) is 9.78 Å². The molecule has 0 saturated heterocycles. The summed E-state index contributed by atoms with van der Waals surface area (Å²) >= 11 is 0. The average Bonchev–Trinajstić information content (AvgIpc) is 2.81. The third-order valence-electron chi connectivity index (χ3n) is 3.08. The molecular weight excluding hydrogens is 224 g/mol. The van der Waals surface area contributed by atoms with E-state index < -0.39 is 0 Å². The summed E-state index contributed by atoms with van der Waals surface area (Å²) in [4.78, 5) is 0. The number of hydrogen-bond acceptors (Lipinski definition) is 2. The topological polar surface area (TPSA) is 27.1 Å². The second-order valence-electron chi connectivity index (χ2n) is 4.91. The number of nitrogens with zero attached hydrogens (tertiary/aromatic N) is 2. The molecule has 1 rings (SSSR count). The molecule has 18 heavy (non-hydrogen) atoms. The Bertz CT molecular complexity index is 296. The predicted molar refractivity (Wildman–Crippen MR) is 76.0 cm³/mol. The van der Waals surface area contributed by atoms with Crippen LogP contribution in [0.25, 0.3) is 0 Å². The van der Waals surface area contributed by atoms with Crippen LogP contribution < -0.4 is 4.74 Å². The Kier molecular flexibility index (Phi) is 8.36. The lowest BCUT2D eigenvalue weighted by Gasteiger charge is -2.03. The van der Waals surface area contributed by atoms with E-state index in [4.69, 9.17) is 4.74 Å². The van der Waals surface area contributed by atoms with Crippen LogP contribution in [0.1, 0.15) is 65.2 Å². The van der Waals surface area contributed by atoms with Gasteiger partial charge in [0.15, 0.2) is 5.75 Å². The van der Waals surface area contributed by atoms with E-state index in [1.54, 1.807) is 0 Å². The van der Waals surface area contributed by atoms with Crippen molar-refractivity contribution >= 4 is 0 Å². The van der Waals surface area contributed by atoms with E-state index in [0.29, 0.717) is 0 Å². The number of aryl methyl sites for hydroxylation is 1. The van der Waals surface area contributed by atoms with Gasteiger partial charge in [0.05, 0.1) is 19.0 Å². The van der Waals surface area contributed by atoms with E-state index in [9.17, 15) is 0 Å². The lowest BCUT2D eigenvalue weighted by Crippen LogP contribution is -1.97.